The predicted octanol–water partition coefficient (Wildman–Crippen LogP) is 4.76. The van der Waals surface area contributed by atoms with Crippen LogP contribution in [0.3, 0.4) is 0 Å². The third kappa shape index (κ3) is 6.29. The van der Waals surface area contributed by atoms with Gasteiger partial charge in [0.1, 0.15) is 24.3 Å². The van der Waals surface area contributed by atoms with Crippen molar-refractivity contribution in [3.05, 3.63) is 66.5 Å². The molecular weight excluding hydrogens is 371 g/mol. The Morgan fingerprint density at radius 2 is 1.97 bits per heavy atom. The van der Waals surface area contributed by atoms with Gasteiger partial charge in [0.05, 0.1) is 0 Å². The van der Waals surface area contributed by atoms with Crippen molar-refractivity contribution in [2.75, 3.05) is 6.61 Å². The lowest BCUT2D eigenvalue weighted by Gasteiger charge is -2.25. The van der Waals surface area contributed by atoms with Crippen molar-refractivity contribution in [1.29, 1.82) is 0 Å². The lowest BCUT2D eigenvalue weighted by Crippen LogP contribution is -2.19. The first-order valence-electron chi connectivity index (χ1n) is 10.3. The topological polar surface area (TPSA) is 66.8 Å². The number of carbonyl (C=O) groups is 1. The van der Waals surface area contributed by atoms with Crippen LogP contribution in [0.25, 0.3) is 0 Å². The molecule has 0 radical (unpaired) electrons. The maximum Gasteiger partial charge on any atom is 0.303 e. The van der Waals surface area contributed by atoms with Gasteiger partial charge in [0.2, 0.25) is 0 Å². The summed E-state index contributed by atoms with van der Waals surface area (Å²) in [4.78, 5) is 10.6. The highest BCUT2D eigenvalue weighted by atomic mass is 19.1. The molecule has 1 aromatic rings. The molecule has 1 fully saturated rings. The number of carboxylic acids is 1. The number of ether oxygens (including phenoxy) is 1. The molecule has 2 bridgehead atoms. The van der Waals surface area contributed by atoms with Crippen molar-refractivity contribution in [3.63, 3.8) is 0 Å². The molecule has 2 aliphatic rings. The Morgan fingerprint density at radius 3 is 2.72 bits per heavy atom. The van der Waals surface area contributed by atoms with Gasteiger partial charge in [0.15, 0.2) is 0 Å². The summed E-state index contributed by atoms with van der Waals surface area (Å²) in [5, 5.41) is 18.9. The number of fused-ring (bicyclic) bond motifs is 2. The first-order chi connectivity index (χ1) is 14.0. The highest BCUT2D eigenvalue weighted by Crippen LogP contribution is 2.50. The van der Waals surface area contributed by atoms with Gasteiger partial charge >= 0.3 is 5.97 Å². The van der Waals surface area contributed by atoms with Crippen LogP contribution in [0.4, 0.5) is 4.39 Å². The number of aliphatic hydroxyl groups is 1. The van der Waals surface area contributed by atoms with Crippen LogP contribution in [0.5, 0.6) is 5.75 Å². The number of carboxylic acid groups (broad SMARTS) is 1. The van der Waals surface area contributed by atoms with Gasteiger partial charge in [-0.15, -0.1) is 0 Å². The number of unbranched alkanes of at least 4 members (excludes halogenated alkanes) is 1. The number of aliphatic carboxylic acids is 1. The summed E-state index contributed by atoms with van der Waals surface area (Å²) in [6.45, 7) is 0.132. The Kier molecular flexibility index (Phi) is 7.64. The monoisotopic (exact) mass is 400 g/mol. The van der Waals surface area contributed by atoms with Crippen molar-refractivity contribution < 1.29 is 24.1 Å². The van der Waals surface area contributed by atoms with Gasteiger partial charge in [-0.2, -0.15) is 0 Å². The molecule has 1 aromatic carbocycles. The molecule has 5 heteroatoms. The molecule has 0 amide bonds. The van der Waals surface area contributed by atoms with Gasteiger partial charge in [-0.05, 0) is 73.6 Å². The van der Waals surface area contributed by atoms with E-state index in [4.69, 9.17) is 9.84 Å². The fourth-order valence-electron chi connectivity index (χ4n) is 4.35. The summed E-state index contributed by atoms with van der Waals surface area (Å²) in [5.74, 6) is 1.48. The van der Waals surface area contributed by atoms with E-state index < -0.39 is 12.1 Å². The molecule has 3 rings (SSSR count). The highest BCUT2D eigenvalue weighted by molar-refractivity contribution is 5.66. The van der Waals surface area contributed by atoms with E-state index >= 15 is 0 Å². The van der Waals surface area contributed by atoms with Gasteiger partial charge in [-0.25, -0.2) is 4.39 Å². The molecule has 5 atom stereocenters. The van der Waals surface area contributed by atoms with E-state index in [0.717, 1.165) is 19.3 Å². The van der Waals surface area contributed by atoms with Crippen LogP contribution >= 0.6 is 0 Å². The fourth-order valence-corrected chi connectivity index (χ4v) is 4.35. The Bertz CT molecular complexity index is 753. The summed E-state index contributed by atoms with van der Waals surface area (Å²) in [7, 11) is 0. The average molecular weight is 400 g/mol. The lowest BCUT2D eigenvalue weighted by atomic mass is 9.80. The third-order valence-electron chi connectivity index (χ3n) is 5.81. The molecule has 156 valence electrons. The van der Waals surface area contributed by atoms with E-state index in [9.17, 15) is 14.3 Å². The Balaban J connectivity index is 1.47. The summed E-state index contributed by atoms with van der Waals surface area (Å²) in [6, 6.07) is 5.76. The van der Waals surface area contributed by atoms with E-state index in [2.05, 4.69) is 30.4 Å². The lowest BCUT2D eigenvalue weighted by molar-refractivity contribution is -0.137. The summed E-state index contributed by atoms with van der Waals surface area (Å²) < 4.78 is 18.4. The van der Waals surface area contributed by atoms with Crippen LogP contribution in [0, 0.1) is 29.5 Å². The number of benzene rings is 1. The number of aliphatic hydroxyl groups excluding tert-OH is 1. The van der Waals surface area contributed by atoms with E-state index in [0.29, 0.717) is 35.8 Å². The Morgan fingerprint density at radius 1 is 1.21 bits per heavy atom. The Hall–Kier alpha value is -2.40. The molecule has 0 aliphatic heterocycles. The largest absolute Gasteiger partial charge is 0.491 e. The zero-order valence-electron chi connectivity index (χ0n) is 16.5. The molecular formula is C24H29FO4. The van der Waals surface area contributed by atoms with Crippen LogP contribution in [-0.2, 0) is 4.79 Å². The SMILES string of the molecule is O=C(O)CCC/C=C\C[C@@H]1[C@@H](/C=C/[C@@H](O)COc2ccc(F)cc2)[C@@H]2C=C[C@H]1C2. The van der Waals surface area contributed by atoms with Crippen molar-refractivity contribution in [1.82, 2.24) is 0 Å². The van der Waals surface area contributed by atoms with Crippen molar-refractivity contribution in [2.45, 2.75) is 38.2 Å². The quantitative estimate of drug-likeness (QED) is 0.415. The van der Waals surface area contributed by atoms with Crippen LogP contribution in [0.2, 0.25) is 0 Å². The van der Waals surface area contributed by atoms with Crippen LogP contribution < -0.4 is 4.74 Å². The number of halogens is 1. The zero-order chi connectivity index (χ0) is 20.6. The molecule has 2 aliphatic carbocycles. The van der Waals surface area contributed by atoms with Gasteiger partial charge < -0.3 is 14.9 Å². The Labute approximate surface area is 171 Å². The highest BCUT2D eigenvalue weighted by Gasteiger charge is 2.42. The maximum absolute atomic E-state index is 12.9. The summed E-state index contributed by atoms with van der Waals surface area (Å²) >= 11 is 0. The number of rotatable bonds is 11. The second-order valence-corrected chi connectivity index (χ2v) is 7.90. The average Bonchev–Trinajstić information content (AvgIpc) is 3.30. The fraction of sp³-hybridized carbons (Fsp3) is 0.458. The van der Waals surface area contributed by atoms with Crippen molar-refractivity contribution >= 4 is 5.97 Å². The molecule has 2 N–H and O–H groups in total. The minimum atomic E-state index is -0.746. The molecule has 4 nitrogen and oxygen atoms in total. The smallest absolute Gasteiger partial charge is 0.303 e. The first kappa shape index (κ1) is 21.3. The predicted molar refractivity (Wildman–Crippen MR) is 110 cm³/mol. The van der Waals surface area contributed by atoms with Crippen molar-refractivity contribution in [2.24, 2.45) is 23.7 Å². The minimum Gasteiger partial charge on any atom is -0.491 e. The van der Waals surface area contributed by atoms with Gasteiger partial charge in [-0.3, -0.25) is 4.79 Å². The van der Waals surface area contributed by atoms with E-state index in [1.807, 2.05) is 6.08 Å². The van der Waals surface area contributed by atoms with Gasteiger partial charge in [0, 0.05) is 6.42 Å². The van der Waals surface area contributed by atoms with Gasteiger partial charge in [-0.1, -0.05) is 36.5 Å². The van der Waals surface area contributed by atoms with Gasteiger partial charge in [0.25, 0.3) is 0 Å². The number of hydrogen-bond donors (Lipinski definition) is 2. The zero-order valence-corrected chi connectivity index (χ0v) is 16.5. The molecule has 1 saturated carbocycles. The number of hydrogen-bond acceptors (Lipinski definition) is 3. The van der Waals surface area contributed by atoms with Crippen molar-refractivity contribution in [3.8, 4) is 5.75 Å². The molecule has 0 heterocycles. The van der Waals surface area contributed by atoms with Crippen LogP contribution in [0.15, 0.2) is 60.7 Å². The standard InChI is InChI=1S/C24H29FO4/c25-19-9-12-21(13-10-19)29-16-20(26)11-14-23-18-8-7-17(15-18)22(23)5-3-1-2-4-6-24(27)28/h1,3,7-14,17-18,20,22-23,26H,2,4-6,15-16H2,(H,27,28)/b3-1-,14-11+/t17-,18+,20+,22-,23-/m0/s1. The molecule has 0 aromatic heterocycles. The normalized spacial score (nSPS) is 26.6. The van der Waals surface area contributed by atoms with E-state index in [1.165, 1.54) is 12.1 Å². The van der Waals surface area contributed by atoms with Crippen LogP contribution in [0.1, 0.15) is 32.1 Å². The molecule has 0 unspecified atom stereocenters. The second-order valence-electron chi connectivity index (χ2n) is 7.90. The first-order valence-corrected chi connectivity index (χ1v) is 10.3. The summed E-state index contributed by atoms with van der Waals surface area (Å²) in [5.41, 5.74) is 0. The molecule has 0 saturated heterocycles. The molecule has 29 heavy (non-hydrogen) atoms. The molecule has 0 spiro atoms. The maximum atomic E-state index is 12.9. The summed E-state index contributed by atoms with van der Waals surface area (Å²) in [6.07, 6.45) is 15.9. The van der Waals surface area contributed by atoms with E-state index in [1.54, 1.807) is 12.1 Å². The third-order valence-corrected chi connectivity index (χ3v) is 5.81. The second kappa shape index (κ2) is 10.4. The number of allylic oxidation sites excluding steroid dienone is 5. The van der Waals surface area contributed by atoms with Crippen LogP contribution in [-0.4, -0.2) is 28.9 Å². The minimum absolute atomic E-state index is 0.132. The van der Waals surface area contributed by atoms with E-state index in [-0.39, 0.29) is 18.8 Å².